The molecule has 0 aromatic heterocycles. The molecule has 0 fully saturated rings. The zero-order valence-electron chi connectivity index (χ0n) is 17.4. The molecule has 0 spiro atoms. The highest BCUT2D eigenvalue weighted by molar-refractivity contribution is 6.38. The molecule has 0 saturated carbocycles. The summed E-state index contributed by atoms with van der Waals surface area (Å²) in [5.74, 6) is -3.48. The third-order valence-electron chi connectivity index (χ3n) is 5.25. The van der Waals surface area contributed by atoms with Crippen LogP contribution in [-0.2, 0) is 0 Å². The Morgan fingerprint density at radius 2 is 1.59 bits per heavy atom. The Hall–Kier alpha value is -3.95. The molecule has 11 heteroatoms. The van der Waals surface area contributed by atoms with Crippen LogP contribution in [0.4, 0.5) is 0 Å². The van der Waals surface area contributed by atoms with Crippen molar-refractivity contribution in [1.29, 1.82) is 0 Å². The molecular formula is C23H14Cl2O9. The number of aromatic hydroxyl groups is 1. The summed E-state index contributed by atoms with van der Waals surface area (Å²) in [7, 11) is 2.54. The van der Waals surface area contributed by atoms with Crippen molar-refractivity contribution in [3.05, 3.63) is 61.7 Å². The maximum Gasteiger partial charge on any atom is 0.336 e. The van der Waals surface area contributed by atoms with Crippen LogP contribution >= 0.6 is 23.2 Å². The fourth-order valence-electron chi connectivity index (χ4n) is 3.68. The molecule has 1 heterocycles. The lowest BCUT2D eigenvalue weighted by Crippen LogP contribution is -2.10. The fraction of sp³-hybridized carbons (Fsp3) is 0.0870. The van der Waals surface area contributed by atoms with Crippen LogP contribution < -0.4 is 14.9 Å². The summed E-state index contributed by atoms with van der Waals surface area (Å²) in [6, 6.07) is 6.10. The topological polar surface area (TPSA) is 144 Å². The second-order valence-electron chi connectivity index (χ2n) is 7.06. The Bertz CT molecular complexity index is 1540. The van der Waals surface area contributed by atoms with Crippen LogP contribution in [0.2, 0.25) is 10.0 Å². The minimum absolute atomic E-state index is 0.0289. The lowest BCUT2D eigenvalue weighted by atomic mass is 9.89. The summed E-state index contributed by atoms with van der Waals surface area (Å²) in [5, 5.41) is 29.2. The van der Waals surface area contributed by atoms with Gasteiger partial charge in [0, 0.05) is 16.5 Å². The number of phenols is 1. The van der Waals surface area contributed by atoms with Crippen molar-refractivity contribution < 1.29 is 38.8 Å². The van der Waals surface area contributed by atoms with Crippen LogP contribution in [0.25, 0.3) is 33.4 Å². The first-order chi connectivity index (χ1) is 16.1. The van der Waals surface area contributed by atoms with E-state index >= 15 is 0 Å². The molecule has 2 aromatic rings. The molecule has 0 saturated heterocycles. The zero-order valence-corrected chi connectivity index (χ0v) is 18.9. The average Bonchev–Trinajstić information content (AvgIpc) is 2.82. The smallest absolute Gasteiger partial charge is 0.336 e. The van der Waals surface area contributed by atoms with E-state index in [0.717, 1.165) is 12.1 Å². The molecule has 2 aromatic carbocycles. The van der Waals surface area contributed by atoms with Gasteiger partial charge in [-0.05, 0) is 35.9 Å². The third kappa shape index (κ3) is 3.46. The SMILES string of the molecule is COc1cc2c(-c3cc(C(=O)O)ccc3C(=O)O)c3cc(OC)c(=O)c(Cl)c-3oc2c(Cl)c1O. The van der Waals surface area contributed by atoms with Gasteiger partial charge in [0.25, 0.3) is 0 Å². The van der Waals surface area contributed by atoms with Gasteiger partial charge in [0.15, 0.2) is 28.6 Å². The maximum atomic E-state index is 12.6. The number of carboxylic acids is 2. The Morgan fingerprint density at radius 1 is 0.912 bits per heavy atom. The number of fused-ring (bicyclic) bond motifs is 2. The van der Waals surface area contributed by atoms with Gasteiger partial charge in [-0.15, -0.1) is 0 Å². The molecule has 0 atom stereocenters. The highest BCUT2D eigenvalue weighted by atomic mass is 35.5. The van der Waals surface area contributed by atoms with Crippen molar-refractivity contribution in [2.75, 3.05) is 14.2 Å². The van der Waals surface area contributed by atoms with E-state index in [-0.39, 0.29) is 66.1 Å². The van der Waals surface area contributed by atoms with E-state index in [1.165, 1.54) is 32.4 Å². The third-order valence-corrected chi connectivity index (χ3v) is 5.95. The standard InChI is InChI=1S/C23H14Cl2O9/c1-32-13-6-11-15(10-5-8(22(28)29)3-4-9(10)23(30)31)12-7-14(33-2)19(27)17(25)21(12)34-20(11)16(24)18(13)26/h3-7,26H,1-2H3,(H,28,29)(H,30,31). The summed E-state index contributed by atoms with van der Waals surface area (Å²) in [6.07, 6.45) is 0. The number of ether oxygens (including phenoxy) is 2. The second-order valence-corrected chi connectivity index (χ2v) is 7.82. The van der Waals surface area contributed by atoms with E-state index in [0.29, 0.717) is 0 Å². The monoisotopic (exact) mass is 504 g/mol. The van der Waals surface area contributed by atoms with Crippen LogP contribution in [0.5, 0.6) is 17.2 Å². The maximum absolute atomic E-state index is 12.6. The number of aromatic carboxylic acids is 2. The van der Waals surface area contributed by atoms with Gasteiger partial charge < -0.3 is 29.2 Å². The zero-order chi connectivity index (χ0) is 24.9. The minimum Gasteiger partial charge on any atom is -0.503 e. The van der Waals surface area contributed by atoms with E-state index in [1.54, 1.807) is 0 Å². The van der Waals surface area contributed by atoms with Gasteiger partial charge in [0.1, 0.15) is 10.0 Å². The molecule has 34 heavy (non-hydrogen) atoms. The van der Waals surface area contributed by atoms with Gasteiger partial charge in [-0.3, -0.25) is 4.79 Å². The van der Waals surface area contributed by atoms with Crippen molar-refractivity contribution >= 4 is 46.1 Å². The molecule has 0 bridgehead atoms. The quantitative estimate of drug-likeness (QED) is 0.320. The molecular weight excluding hydrogens is 491 g/mol. The number of phenolic OH excluding ortho intramolecular Hbond substituents is 1. The van der Waals surface area contributed by atoms with Gasteiger partial charge in [-0.25, -0.2) is 9.59 Å². The van der Waals surface area contributed by atoms with Crippen LogP contribution in [0.1, 0.15) is 20.7 Å². The van der Waals surface area contributed by atoms with Crippen molar-refractivity contribution in [3.8, 4) is 39.7 Å². The van der Waals surface area contributed by atoms with Crippen molar-refractivity contribution in [3.63, 3.8) is 0 Å². The van der Waals surface area contributed by atoms with E-state index in [4.69, 9.17) is 37.1 Å². The van der Waals surface area contributed by atoms with Gasteiger partial charge in [0.2, 0.25) is 5.43 Å². The first-order valence-corrected chi connectivity index (χ1v) is 10.2. The Morgan fingerprint density at radius 3 is 2.18 bits per heavy atom. The van der Waals surface area contributed by atoms with Crippen LogP contribution in [-0.4, -0.2) is 41.5 Å². The number of hydrogen-bond donors (Lipinski definition) is 3. The molecule has 1 aliphatic heterocycles. The van der Waals surface area contributed by atoms with Gasteiger partial charge in [-0.1, -0.05) is 23.2 Å². The van der Waals surface area contributed by atoms with Gasteiger partial charge >= 0.3 is 11.9 Å². The molecule has 0 unspecified atom stereocenters. The Balaban J connectivity index is 2.35. The number of benzene rings is 3. The molecule has 0 amide bonds. The first-order valence-electron chi connectivity index (χ1n) is 9.44. The van der Waals surface area contributed by atoms with Crippen LogP contribution in [0.15, 0.2) is 39.5 Å². The lowest BCUT2D eigenvalue weighted by Gasteiger charge is -2.20. The lowest BCUT2D eigenvalue weighted by molar-refractivity contribution is 0.0682. The van der Waals surface area contributed by atoms with E-state index in [2.05, 4.69) is 0 Å². The number of rotatable bonds is 5. The first kappa shape index (κ1) is 23.2. The number of carbonyl (C=O) groups is 2. The van der Waals surface area contributed by atoms with E-state index in [1.807, 2.05) is 0 Å². The van der Waals surface area contributed by atoms with Crippen molar-refractivity contribution in [2.24, 2.45) is 0 Å². The van der Waals surface area contributed by atoms with Crippen molar-refractivity contribution in [2.45, 2.75) is 0 Å². The molecule has 1 aliphatic carbocycles. The summed E-state index contributed by atoms with van der Waals surface area (Å²) in [5.41, 5.74) is -1.04. The molecule has 9 nitrogen and oxygen atoms in total. The van der Waals surface area contributed by atoms with E-state index in [9.17, 15) is 29.7 Å². The Labute approximate surface area is 200 Å². The van der Waals surface area contributed by atoms with Crippen LogP contribution in [0, 0.1) is 0 Å². The molecule has 3 N–H and O–H groups in total. The molecule has 174 valence electrons. The number of halogens is 2. The minimum atomic E-state index is -1.34. The summed E-state index contributed by atoms with van der Waals surface area (Å²) in [6.45, 7) is 0. The predicted molar refractivity (Wildman–Crippen MR) is 123 cm³/mol. The highest BCUT2D eigenvalue weighted by Crippen LogP contribution is 2.50. The molecule has 2 aliphatic rings. The van der Waals surface area contributed by atoms with Crippen LogP contribution in [0.3, 0.4) is 0 Å². The van der Waals surface area contributed by atoms with Gasteiger partial charge in [0.05, 0.1) is 25.3 Å². The number of carboxylic acid groups (broad SMARTS) is 2. The predicted octanol–water partition coefficient (Wildman–Crippen LogP) is 4.99. The van der Waals surface area contributed by atoms with E-state index < -0.39 is 23.1 Å². The highest BCUT2D eigenvalue weighted by Gasteiger charge is 2.29. The van der Waals surface area contributed by atoms with Crippen molar-refractivity contribution in [1.82, 2.24) is 0 Å². The van der Waals surface area contributed by atoms with Gasteiger partial charge in [-0.2, -0.15) is 0 Å². The fourth-order valence-corrected chi connectivity index (χ4v) is 4.14. The molecule has 4 rings (SSSR count). The second kappa shape index (κ2) is 8.44. The Kier molecular flexibility index (Phi) is 5.76. The largest absolute Gasteiger partial charge is 0.503 e. The molecule has 0 radical (unpaired) electrons. The summed E-state index contributed by atoms with van der Waals surface area (Å²) >= 11 is 12.6. The number of hydrogen-bond acceptors (Lipinski definition) is 7. The number of methoxy groups -OCH3 is 2. The summed E-state index contributed by atoms with van der Waals surface area (Å²) < 4.78 is 16.1. The normalized spacial score (nSPS) is 11.1. The summed E-state index contributed by atoms with van der Waals surface area (Å²) in [4.78, 5) is 36.3. The average molecular weight is 505 g/mol.